The minimum Gasteiger partial charge on any atom is -0.497 e. The topological polar surface area (TPSA) is 67.6 Å². The van der Waals surface area contributed by atoms with E-state index in [1.165, 1.54) is 6.42 Å². The molecule has 2 unspecified atom stereocenters. The Morgan fingerprint density at radius 3 is 2.37 bits per heavy atom. The molecule has 0 aromatic heterocycles. The molecule has 5 heteroatoms. The molecule has 27 heavy (non-hydrogen) atoms. The fourth-order valence-corrected chi connectivity index (χ4v) is 3.96. The number of carbonyl (C=O) groups excluding carboxylic acids is 1. The van der Waals surface area contributed by atoms with Crippen molar-refractivity contribution in [1.29, 1.82) is 0 Å². The van der Waals surface area contributed by atoms with Crippen molar-refractivity contribution in [2.45, 2.75) is 27.2 Å². The van der Waals surface area contributed by atoms with Crippen molar-refractivity contribution in [3.63, 3.8) is 0 Å². The van der Waals surface area contributed by atoms with Gasteiger partial charge in [0.2, 0.25) is 0 Å². The van der Waals surface area contributed by atoms with Crippen LogP contribution in [0.1, 0.15) is 36.2 Å². The molecular weight excluding hydrogens is 338 g/mol. The molecule has 2 atom stereocenters. The number of aryl methyl sites for hydroxylation is 1. The first-order valence-corrected chi connectivity index (χ1v) is 9.47. The van der Waals surface area contributed by atoms with Gasteiger partial charge in [-0.2, -0.15) is 0 Å². The maximum Gasteiger partial charge on any atom is 0.255 e. The molecule has 1 heterocycles. The number of nitrogens with one attached hydrogen (secondary N) is 1. The lowest BCUT2D eigenvalue weighted by molar-refractivity contribution is 0.102. The number of rotatable bonds is 4. The van der Waals surface area contributed by atoms with Crippen molar-refractivity contribution in [2.75, 3.05) is 36.1 Å². The smallest absolute Gasteiger partial charge is 0.255 e. The highest BCUT2D eigenvalue weighted by Crippen LogP contribution is 2.33. The van der Waals surface area contributed by atoms with Gasteiger partial charge in [-0.05, 0) is 67.1 Å². The number of carbonyl (C=O) groups is 1. The van der Waals surface area contributed by atoms with E-state index < -0.39 is 0 Å². The summed E-state index contributed by atoms with van der Waals surface area (Å²) in [5.74, 6) is 1.85. The largest absolute Gasteiger partial charge is 0.497 e. The first-order chi connectivity index (χ1) is 12.9. The maximum atomic E-state index is 12.6. The number of anilines is 3. The van der Waals surface area contributed by atoms with Gasteiger partial charge in [-0.3, -0.25) is 4.79 Å². The number of hydrogen-bond donors (Lipinski definition) is 2. The summed E-state index contributed by atoms with van der Waals surface area (Å²) < 4.78 is 5.14. The van der Waals surface area contributed by atoms with Crippen molar-refractivity contribution in [2.24, 2.45) is 11.8 Å². The molecule has 0 bridgehead atoms. The quantitative estimate of drug-likeness (QED) is 0.790. The van der Waals surface area contributed by atoms with Crippen LogP contribution in [-0.4, -0.2) is 26.1 Å². The third kappa shape index (κ3) is 4.35. The average Bonchev–Trinajstić information content (AvgIpc) is 2.63. The van der Waals surface area contributed by atoms with Gasteiger partial charge in [0.25, 0.3) is 5.91 Å². The molecule has 0 radical (unpaired) electrons. The predicted octanol–water partition coefficient (Wildman–Crippen LogP) is 4.32. The van der Waals surface area contributed by atoms with Crippen LogP contribution in [0.15, 0.2) is 36.4 Å². The van der Waals surface area contributed by atoms with Crippen LogP contribution < -0.4 is 20.7 Å². The van der Waals surface area contributed by atoms with Crippen molar-refractivity contribution in [3.8, 4) is 5.75 Å². The van der Waals surface area contributed by atoms with E-state index in [1.807, 2.05) is 12.1 Å². The summed E-state index contributed by atoms with van der Waals surface area (Å²) in [7, 11) is 1.60. The zero-order chi connectivity index (χ0) is 19.6. The average molecular weight is 367 g/mol. The number of methoxy groups -OCH3 is 1. The van der Waals surface area contributed by atoms with E-state index in [0.29, 0.717) is 28.8 Å². The second kappa shape index (κ2) is 7.91. The number of nitrogens with zero attached hydrogens (tertiary/aromatic N) is 1. The van der Waals surface area contributed by atoms with Crippen LogP contribution in [0.2, 0.25) is 0 Å². The number of ether oxygens (including phenoxy) is 1. The first-order valence-electron chi connectivity index (χ1n) is 9.47. The van der Waals surface area contributed by atoms with Gasteiger partial charge in [0.1, 0.15) is 5.75 Å². The Morgan fingerprint density at radius 1 is 1.15 bits per heavy atom. The molecule has 1 fully saturated rings. The Labute approximate surface area is 161 Å². The number of amides is 1. The zero-order valence-electron chi connectivity index (χ0n) is 16.6. The number of nitrogens with two attached hydrogens (primary N) is 1. The highest BCUT2D eigenvalue weighted by atomic mass is 16.5. The molecule has 3 N–H and O–H groups in total. The normalized spacial score (nSPS) is 19.6. The summed E-state index contributed by atoms with van der Waals surface area (Å²) in [5, 5.41) is 2.96. The molecule has 5 nitrogen and oxygen atoms in total. The minimum atomic E-state index is -0.181. The molecule has 1 saturated heterocycles. The molecule has 3 rings (SSSR count). The Kier molecular flexibility index (Phi) is 5.59. The van der Waals surface area contributed by atoms with Gasteiger partial charge < -0.3 is 20.7 Å². The molecule has 2 aromatic carbocycles. The Morgan fingerprint density at radius 2 is 1.78 bits per heavy atom. The van der Waals surface area contributed by atoms with Crippen molar-refractivity contribution in [3.05, 3.63) is 47.5 Å². The van der Waals surface area contributed by atoms with E-state index in [2.05, 4.69) is 31.0 Å². The van der Waals surface area contributed by atoms with Crippen molar-refractivity contribution >= 4 is 23.0 Å². The van der Waals surface area contributed by atoms with Crippen LogP contribution >= 0.6 is 0 Å². The fraction of sp³-hybridized carbons (Fsp3) is 0.409. The SMILES string of the molecule is COc1ccc(C(=O)Nc2cc(N3CC(C)CC(C)C3)c(C)cc2N)cc1. The summed E-state index contributed by atoms with van der Waals surface area (Å²) in [5.41, 5.74) is 10.3. The molecule has 1 aliphatic rings. The van der Waals surface area contributed by atoms with Gasteiger partial charge in [0, 0.05) is 24.3 Å². The highest BCUT2D eigenvalue weighted by Gasteiger charge is 2.24. The lowest BCUT2D eigenvalue weighted by atomic mass is 9.91. The van der Waals surface area contributed by atoms with Crippen molar-refractivity contribution in [1.82, 2.24) is 0 Å². The summed E-state index contributed by atoms with van der Waals surface area (Å²) in [6.45, 7) is 8.72. The number of piperidine rings is 1. The Hall–Kier alpha value is -2.69. The van der Waals surface area contributed by atoms with Crippen LogP contribution in [0.25, 0.3) is 0 Å². The van der Waals surface area contributed by atoms with Crippen LogP contribution in [-0.2, 0) is 0 Å². The maximum absolute atomic E-state index is 12.6. The lowest BCUT2D eigenvalue weighted by Gasteiger charge is -2.37. The summed E-state index contributed by atoms with van der Waals surface area (Å²) in [6, 6.07) is 11.0. The zero-order valence-corrected chi connectivity index (χ0v) is 16.6. The van der Waals surface area contributed by atoms with Gasteiger partial charge in [-0.25, -0.2) is 0 Å². The van der Waals surface area contributed by atoms with Crippen LogP contribution in [0.4, 0.5) is 17.1 Å². The minimum absolute atomic E-state index is 0.181. The van der Waals surface area contributed by atoms with E-state index in [4.69, 9.17) is 10.5 Å². The lowest BCUT2D eigenvalue weighted by Crippen LogP contribution is -2.39. The van der Waals surface area contributed by atoms with E-state index in [1.54, 1.807) is 31.4 Å². The Bertz CT molecular complexity index is 807. The van der Waals surface area contributed by atoms with E-state index in [0.717, 1.165) is 30.1 Å². The fourth-order valence-electron chi connectivity index (χ4n) is 3.96. The van der Waals surface area contributed by atoms with E-state index >= 15 is 0 Å². The first kappa shape index (κ1) is 19.1. The standard InChI is InChI=1S/C22H29N3O2/c1-14-9-15(2)13-25(12-14)21-11-20(19(23)10-16(21)3)24-22(26)17-5-7-18(27-4)8-6-17/h5-8,10-11,14-15H,9,12-13,23H2,1-4H3,(H,24,26). The van der Waals surface area contributed by atoms with E-state index in [-0.39, 0.29) is 5.91 Å². The third-order valence-corrected chi connectivity index (χ3v) is 5.18. The molecule has 2 aromatic rings. The van der Waals surface area contributed by atoms with Gasteiger partial charge in [0.05, 0.1) is 18.5 Å². The highest BCUT2D eigenvalue weighted by molar-refractivity contribution is 6.06. The second-order valence-electron chi connectivity index (χ2n) is 7.76. The van der Waals surface area contributed by atoms with Crippen LogP contribution in [0, 0.1) is 18.8 Å². The molecule has 0 saturated carbocycles. The van der Waals surface area contributed by atoms with Gasteiger partial charge in [-0.15, -0.1) is 0 Å². The molecule has 0 aliphatic carbocycles. The molecule has 1 amide bonds. The molecule has 144 valence electrons. The second-order valence-corrected chi connectivity index (χ2v) is 7.76. The van der Waals surface area contributed by atoms with Crippen molar-refractivity contribution < 1.29 is 9.53 Å². The summed E-state index contributed by atoms with van der Waals surface area (Å²) in [4.78, 5) is 15.0. The van der Waals surface area contributed by atoms with Gasteiger partial charge in [-0.1, -0.05) is 13.8 Å². The van der Waals surface area contributed by atoms with Crippen LogP contribution in [0.3, 0.4) is 0 Å². The molecule has 1 aliphatic heterocycles. The number of nitrogen functional groups attached to an aromatic ring is 1. The van der Waals surface area contributed by atoms with Crippen LogP contribution in [0.5, 0.6) is 5.75 Å². The monoisotopic (exact) mass is 367 g/mol. The summed E-state index contributed by atoms with van der Waals surface area (Å²) in [6.07, 6.45) is 1.26. The number of hydrogen-bond acceptors (Lipinski definition) is 4. The van der Waals surface area contributed by atoms with Gasteiger partial charge in [0.15, 0.2) is 0 Å². The summed E-state index contributed by atoms with van der Waals surface area (Å²) >= 11 is 0. The molecular formula is C22H29N3O2. The number of benzene rings is 2. The molecule has 0 spiro atoms. The van der Waals surface area contributed by atoms with E-state index in [9.17, 15) is 4.79 Å². The third-order valence-electron chi connectivity index (χ3n) is 5.18. The Balaban J connectivity index is 1.83. The van der Waals surface area contributed by atoms with Gasteiger partial charge >= 0.3 is 0 Å². The predicted molar refractivity (Wildman–Crippen MR) is 112 cm³/mol.